The maximum absolute atomic E-state index is 13.2. The van der Waals surface area contributed by atoms with Crippen LogP contribution in [-0.4, -0.2) is 63.8 Å². The predicted octanol–water partition coefficient (Wildman–Crippen LogP) is 2.33. The van der Waals surface area contributed by atoms with Crippen LogP contribution < -0.4 is 0 Å². The van der Waals surface area contributed by atoms with Crippen LogP contribution in [0.1, 0.15) is 11.4 Å². The third kappa shape index (κ3) is 4.18. The first-order valence-electron chi connectivity index (χ1n) is 9.47. The highest BCUT2D eigenvalue weighted by atomic mass is 19.1. The van der Waals surface area contributed by atoms with Crippen molar-refractivity contribution in [3.05, 3.63) is 65.7 Å². The van der Waals surface area contributed by atoms with Gasteiger partial charge in [-0.05, 0) is 29.8 Å². The smallest absolute Gasteiger partial charge is 0.124 e. The Balaban J connectivity index is 1.56. The van der Waals surface area contributed by atoms with Crippen molar-refractivity contribution in [3.8, 4) is 0 Å². The molecule has 1 fully saturated rings. The molecule has 27 heavy (non-hydrogen) atoms. The van der Waals surface area contributed by atoms with Gasteiger partial charge in [-0.1, -0.05) is 24.3 Å². The minimum Gasteiger partial charge on any atom is -0.395 e. The quantitative estimate of drug-likeness (QED) is 0.725. The zero-order chi connectivity index (χ0) is 18.6. The van der Waals surface area contributed by atoms with E-state index in [1.807, 2.05) is 30.3 Å². The number of hydrogen-bond acceptors (Lipinski definition) is 4. The van der Waals surface area contributed by atoms with Crippen molar-refractivity contribution in [1.82, 2.24) is 19.4 Å². The molecule has 1 aliphatic heterocycles. The Morgan fingerprint density at radius 3 is 2.33 bits per heavy atom. The van der Waals surface area contributed by atoms with Crippen LogP contribution in [0.15, 0.2) is 48.5 Å². The molecular formula is C21H25FN4O. The van der Waals surface area contributed by atoms with E-state index in [2.05, 4.69) is 20.4 Å². The molecule has 0 amide bonds. The van der Waals surface area contributed by atoms with Crippen molar-refractivity contribution in [2.24, 2.45) is 0 Å². The highest BCUT2D eigenvalue weighted by Gasteiger charge is 2.19. The van der Waals surface area contributed by atoms with Gasteiger partial charge in [0.05, 0.1) is 24.2 Å². The van der Waals surface area contributed by atoms with E-state index in [9.17, 15) is 4.39 Å². The van der Waals surface area contributed by atoms with Crippen LogP contribution >= 0.6 is 0 Å². The van der Waals surface area contributed by atoms with E-state index < -0.39 is 0 Å². The fourth-order valence-electron chi connectivity index (χ4n) is 3.71. The summed E-state index contributed by atoms with van der Waals surface area (Å²) in [6, 6.07) is 14.9. The van der Waals surface area contributed by atoms with E-state index in [0.29, 0.717) is 6.54 Å². The minimum absolute atomic E-state index is 0.213. The van der Waals surface area contributed by atoms with Gasteiger partial charge in [0.1, 0.15) is 11.6 Å². The van der Waals surface area contributed by atoms with E-state index in [4.69, 9.17) is 10.1 Å². The number of nitrogens with zero attached hydrogens (tertiary/aromatic N) is 4. The van der Waals surface area contributed by atoms with Crippen LogP contribution in [0.25, 0.3) is 11.0 Å². The molecule has 1 aromatic heterocycles. The number of aliphatic hydroxyl groups excluding tert-OH is 1. The molecule has 0 radical (unpaired) electrons. The first kappa shape index (κ1) is 18.1. The summed E-state index contributed by atoms with van der Waals surface area (Å²) in [5, 5.41) is 9.10. The number of imidazole rings is 1. The lowest BCUT2D eigenvalue weighted by molar-refractivity contribution is 0.106. The van der Waals surface area contributed by atoms with Crippen molar-refractivity contribution >= 4 is 11.0 Å². The third-order valence-corrected chi connectivity index (χ3v) is 5.23. The molecule has 0 aliphatic carbocycles. The van der Waals surface area contributed by atoms with Gasteiger partial charge in [-0.25, -0.2) is 9.37 Å². The summed E-state index contributed by atoms with van der Waals surface area (Å²) in [4.78, 5) is 9.57. The zero-order valence-corrected chi connectivity index (χ0v) is 15.4. The molecule has 5 nitrogen and oxygen atoms in total. The number of para-hydroxylation sites is 2. The molecule has 0 bridgehead atoms. The fraction of sp³-hybridized carbons (Fsp3) is 0.381. The van der Waals surface area contributed by atoms with Gasteiger partial charge in [-0.15, -0.1) is 0 Å². The van der Waals surface area contributed by atoms with E-state index in [-0.39, 0.29) is 12.4 Å². The number of β-amino-alcohol motifs (C(OH)–C–C–N with tert-alkyl or cyclic N) is 1. The number of piperazine rings is 1. The van der Waals surface area contributed by atoms with E-state index >= 15 is 0 Å². The van der Waals surface area contributed by atoms with Gasteiger partial charge < -0.3 is 9.67 Å². The van der Waals surface area contributed by atoms with Crippen LogP contribution in [0.2, 0.25) is 0 Å². The molecule has 0 unspecified atom stereocenters. The molecule has 6 heteroatoms. The zero-order valence-electron chi connectivity index (χ0n) is 15.4. The summed E-state index contributed by atoms with van der Waals surface area (Å²) in [5.41, 5.74) is 3.16. The SMILES string of the molecule is OCCN1CCN(Cc2nc3ccccc3n2Cc2ccc(F)cc2)CC1. The lowest BCUT2D eigenvalue weighted by Gasteiger charge is -2.34. The van der Waals surface area contributed by atoms with E-state index in [1.54, 1.807) is 0 Å². The van der Waals surface area contributed by atoms with Gasteiger partial charge in [0.25, 0.3) is 0 Å². The second-order valence-electron chi connectivity index (χ2n) is 7.07. The fourth-order valence-corrected chi connectivity index (χ4v) is 3.71. The van der Waals surface area contributed by atoms with Crippen molar-refractivity contribution in [2.45, 2.75) is 13.1 Å². The second-order valence-corrected chi connectivity index (χ2v) is 7.07. The highest BCUT2D eigenvalue weighted by Crippen LogP contribution is 2.20. The first-order valence-corrected chi connectivity index (χ1v) is 9.47. The number of halogens is 1. The molecule has 142 valence electrons. The van der Waals surface area contributed by atoms with Crippen molar-refractivity contribution in [2.75, 3.05) is 39.3 Å². The Bertz CT molecular complexity index is 885. The molecule has 2 aromatic carbocycles. The number of hydrogen-bond donors (Lipinski definition) is 1. The highest BCUT2D eigenvalue weighted by molar-refractivity contribution is 5.76. The number of aromatic nitrogens is 2. The average molecular weight is 368 g/mol. The van der Waals surface area contributed by atoms with Gasteiger partial charge in [0, 0.05) is 39.3 Å². The maximum Gasteiger partial charge on any atom is 0.124 e. The molecule has 1 saturated heterocycles. The monoisotopic (exact) mass is 368 g/mol. The number of fused-ring (bicyclic) bond motifs is 1. The molecule has 3 aromatic rings. The van der Waals surface area contributed by atoms with Crippen LogP contribution in [0.5, 0.6) is 0 Å². The second kappa shape index (κ2) is 8.17. The third-order valence-electron chi connectivity index (χ3n) is 5.23. The van der Waals surface area contributed by atoms with Crippen molar-refractivity contribution < 1.29 is 9.50 Å². The van der Waals surface area contributed by atoms with Gasteiger partial charge in [-0.2, -0.15) is 0 Å². The van der Waals surface area contributed by atoms with Gasteiger partial charge in [0.2, 0.25) is 0 Å². The van der Waals surface area contributed by atoms with E-state index in [1.165, 1.54) is 12.1 Å². The van der Waals surface area contributed by atoms with Crippen LogP contribution in [-0.2, 0) is 13.1 Å². The maximum atomic E-state index is 13.2. The molecule has 4 rings (SSSR count). The van der Waals surface area contributed by atoms with Crippen LogP contribution in [0.4, 0.5) is 4.39 Å². The molecular weight excluding hydrogens is 343 g/mol. The molecule has 1 aliphatic rings. The summed E-state index contributed by atoms with van der Waals surface area (Å²) >= 11 is 0. The number of aliphatic hydroxyl groups is 1. The Morgan fingerprint density at radius 1 is 0.889 bits per heavy atom. The topological polar surface area (TPSA) is 44.5 Å². The number of rotatable bonds is 6. The van der Waals surface area contributed by atoms with Gasteiger partial charge >= 0.3 is 0 Å². The normalized spacial score (nSPS) is 16.2. The molecule has 2 heterocycles. The standard InChI is InChI=1S/C21H25FN4O/c22-18-7-5-17(6-8-18)15-26-20-4-2-1-3-19(20)23-21(26)16-25-11-9-24(10-12-25)13-14-27/h1-8,27H,9-16H2. The van der Waals surface area contributed by atoms with Gasteiger partial charge in [-0.3, -0.25) is 9.80 Å². The largest absolute Gasteiger partial charge is 0.395 e. The Labute approximate surface area is 158 Å². The van der Waals surface area contributed by atoms with Crippen molar-refractivity contribution in [3.63, 3.8) is 0 Å². The summed E-state index contributed by atoms with van der Waals surface area (Å²) in [6.07, 6.45) is 0. The number of benzene rings is 2. The first-order chi connectivity index (χ1) is 13.2. The Kier molecular flexibility index (Phi) is 5.48. The van der Waals surface area contributed by atoms with Crippen molar-refractivity contribution in [1.29, 1.82) is 0 Å². The van der Waals surface area contributed by atoms with Crippen LogP contribution in [0, 0.1) is 5.82 Å². The lowest BCUT2D eigenvalue weighted by atomic mass is 10.2. The summed E-state index contributed by atoms with van der Waals surface area (Å²) in [5.74, 6) is 0.825. The minimum atomic E-state index is -0.213. The average Bonchev–Trinajstić information content (AvgIpc) is 3.02. The molecule has 0 atom stereocenters. The summed E-state index contributed by atoms with van der Waals surface area (Å²) in [6.45, 7) is 6.32. The molecule has 0 saturated carbocycles. The van der Waals surface area contributed by atoms with Crippen LogP contribution in [0.3, 0.4) is 0 Å². The molecule has 0 spiro atoms. The Hall–Kier alpha value is -2.28. The van der Waals surface area contributed by atoms with Gasteiger partial charge in [0.15, 0.2) is 0 Å². The lowest BCUT2D eigenvalue weighted by Crippen LogP contribution is -2.46. The summed E-state index contributed by atoms with van der Waals surface area (Å²) in [7, 11) is 0. The Morgan fingerprint density at radius 2 is 1.59 bits per heavy atom. The predicted molar refractivity (Wildman–Crippen MR) is 104 cm³/mol. The molecule has 1 N–H and O–H groups in total. The summed E-state index contributed by atoms with van der Waals surface area (Å²) < 4.78 is 15.5. The van der Waals surface area contributed by atoms with E-state index in [0.717, 1.165) is 61.7 Å².